The molecule has 0 fully saturated rings. The van der Waals surface area contributed by atoms with E-state index < -0.39 is 11.7 Å². The fourth-order valence-corrected chi connectivity index (χ4v) is 3.11. The molecule has 0 aliphatic rings. The van der Waals surface area contributed by atoms with E-state index in [9.17, 15) is 13.2 Å². The number of aliphatic imine (C=N–C) groups is 1. The third kappa shape index (κ3) is 4.77. The van der Waals surface area contributed by atoms with Crippen LogP contribution in [0.1, 0.15) is 16.7 Å². The molecule has 0 amide bonds. The Hall–Kier alpha value is -1.95. The number of halogens is 3. The van der Waals surface area contributed by atoms with Crippen LogP contribution in [0, 0.1) is 13.8 Å². The van der Waals surface area contributed by atoms with Gasteiger partial charge in [0.2, 0.25) is 0 Å². The molecule has 0 saturated heterocycles. The van der Waals surface area contributed by atoms with Crippen LogP contribution in [0.3, 0.4) is 0 Å². The Kier molecular flexibility index (Phi) is 5.59. The molecule has 0 heterocycles. The van der Waals surface area contributed by atoms with E-state index in [1.54, 1.807) is 12.4 Å². The summed E-state index contributed by atoms with van der Waals surface area (Å²) in [7, 11) is 3.78. The maximum atomic E-state index is 12.8. The number of nitrogens with zero attached hydrogens (tertiary/aromatic N) is 2. The highest BCUT2D eigenvalue weighted by atomic mass is 32.2. The van der Waals surface area contributed by atoms with Crippen LogP contribution in [0.4, 0.5) is 18.9 Å². The monoisotopic (exact) mass is 352 g/mol. The zero-order chi connectivity index (χ0) is 17.9. The van der Waals surface area contributed by atoms with Crippen molar-refractivity contribution in [2.75, 3.05) is 14.1 Å². The van der Waals surface area contributed by atoms with Gasteiger partial charge in [-0.15, -0.1) is 0 Å². The van der Waals surface area contributed by atoms with Gasteiger partial charge >= 0.3 is 6.18 Å². The average Bonchev–Trinajstić information content (AvgIpc) is 2.48. The van der Waals surface area contributed by atoms with Gasteiger partial charge in [-0.1, -0.05) is 17.8 Å². The number of hydrogen-bond donors (Lipinski definition) is 0. The first-order chi connectivity index (χ1) is 11.2. The number of benzene rings is 2. The van der Waals surface area contributed by atoms with Crippen LogP contribution in [-0.4, -0.2) is 25.3 Å². The highest BCUT2D eigenvalue weighted by Crippen LogP contribution is 2.37. The topological polar surface area (TPSA) is 15.6 Å². The van der Waals surface area contributed by atoms with Crippen LogP contribution in [0.15, 0.2) is 51.2 Å². The van der Waals surface area contributed by atoms with Gasteiger partial charge in [-0.3, -0.25) is 0 Å². The van der Waals surface area contributed by atoms with Crippen molar-refractivity contribution >= 4 is 23.8 Å². The predicted molar refractivity (Wildman–Crippen MR) is 93.3 cm³/mol. The first kappa shape index (κ1) is 18.4. The summed E-state index contributed by atoms with van der Waals surface area (Å²) >= 11 is 1.33. The predicted octanol–water partition coefficient (Wildman–Crippen LogP) is 5.69. The Labute approximate surface area is 144 Å². The lowest BCUT2D eigenvalue weighted by Gasteiger charge is -2.12. The molecule has 0 aliphatic heterocycles. The van der Waals surface area contributed by atoms with E-state index in [1.165, 1.54) is 23.9 Å². The third-order valence-electron chi connectivity index (χ3n) is 3.31. The number of alkyl halides is 3. The standard InChI is InChI=1S/C18H19F3N2S/c1-12-9-17(13(2)8-16(12)22-11-23(3)4)24-15-7-5-6-14(10-15)18(19,20)21/h5-11H,1-4H3/b22-11+. The molecule has 0 spiro atoms. The van der Waals surface area contributed by atoms with E-state index in [0.717, 1.165) is 27.8 Å². The first-order valence-electron chi connectivity index (χ1n) is 7.34. The maximum Gasteiger partial charge on any atom is 0.416 e. The van der Waals surface area contributed by atoms with Crippen molar-refractivity contribution in [3.05, 3.63) is 53.1 Å². The average molecular weight is 352 g/mol. The number of aryl methyl sites for hydroxylation is 2. The van der Waals surface area contributed by atoms with Crippen molar-refractivity contribution in [1.29, 1.82) is 0 Å². The zero-order valence-electron chi connectivity index (χ0n) is 14.0. The van der Waals surface area contributed by atoms with Crippen molar-refractivity contribution < 1.29 is 13.2 Å². The van der Waals surface area contributed by atoms with E-state index in [2.05, 4.69) is 4.99 Å². The second-order valence-electron chi connectivity index (χ2n) is 5.74. The summed E-state index contributed by atoms with van der Waals surface area (Å²) in [5, 5.41) is 0. The van der Waals surface area contributed by atoms with Gasteiger partial charge in [0, 0.05) is 23.9 Å². The molecule has 0 saturated carbocycles. The van der Waals surface area contributed by atoms with Crippen LogP contribution in [-0.2, 0) is 6.18 Å². The summed E-state index contributed by atoms with van der Waals surface area (Å²) in [4.78, 5) is 7.74. The van der Waals surface area contributed by atoms with Crippen molar-refractivity contribution in [2.24, 2.45) is 4.99 Å². The summed E-state index contributed by atoms with van der Waals surface area (Å²) in [6.07, 6.45) is -2.60. The summed E-state index contributed by atoms with van der Waals surface area (Å²) in [6, 6.07) is 9.29. The number of hydrogen-bond acceptors (Lipinski definition) is 2. The number of rotatable bonds is 4. The molecule has 2 aromatic rings. The molecule has 0 N–H and O–H groups in total. The Bertz CT molecular complexity index is 752. The van der Waals surface area contributed by atoms with Gasteiger partial charge in [0.25, 0.3) is 0 Å². The molecule has 2 aromatic carbocycles. The molecule has 0 aromatic heterocycles. The Morgan fingerprint density at radius 1 is 1.04 bits per heavy atom. The summed E-state index contributed by atoms with van der Waals surface area (Å²) in [5.74, 6) is 0. The zero-order valence-corrected chi connectivity index (χ0v) is 14.8. The van der Waals surface area contributed by atoms with Crippen molar-refractivity contribution in [2.45, 2.75) is 29.8 Å². The molecular formula is C18H19F3N2S. The van der Waals surface area contributed by atoms with Crippen LogP contribution in [0.5, 0.6) is 0 Å². The maximum absolute atomic E-state index is 12.8. The minimum atomic E-state index is -4.33. The molecule has 2 rings (SSSR count). The van der Waals surface area contributed by atoms with E-state index >= 15 is 0 Å². The lowest BCUT2D eigenvalue weighted by molar-refractivity contribution is -0.137. The molecule has 0 unspecified atom stereocenters. The molecule has 0 atom stereocenters. The highest BCUT2D eigenvalue weighted by molar-refractivity contribution is 7.99. The molecule has 0 aliphatic carbocycles. The molecule has 0 radical (unpaired) electrons. The molecule has 6 heteroatoms. The molecule has 24 heavy (non-hydrogen) atoms. The molecule has 2 nitrogen and oxygen atoms in total. The van der Waals surface area contributed by atoms with Crippen molar-refractivity contribution in [3.63, 3.8) is 0 Å². The van der Waals surface area contributed by atoms with Crippen LogP contribution >= 0.6 is 11.8 Å². The van der Waals surface area contributed by atoms with Crippen molar-refractivity contribution in [3.8, 4) is 0 Å². The van der Waals surface area contributed by atoms with E-state index in [1.807, 2.05) is 45.0 Å². The van der Waals surface area contributed by atoms with Gasteiger partial charge in [-0.2, -0.15) is 13.2 Å². The van der Waals surface area contributed by atoms with Gasteiger partial charge in [0.05, 0.1) is 17.6 Å². The van der Waals surface area contributed by atoms with Gasteiger partial charge < -0.3 is 4.90 Å². The Morgan fingerprint density at radius 3 is 2.38 bits per heavy atom. The minimum absolute atomic E-state index is 0.567. The van der Waals surface area contributed by atoms with E-state index in [0.29, 0.717) is 4.90 Å². The second kappa shape index (κ2) is 7.30. The SMILES string of the molecule is Cc1cc(Sc2cccc(C(F)(F)F)c2)c(C)cc1/N=C/N(C)C. The fraction of sp³-hybridized carbons (Fsp3) is 0.278. The van der Waals surface area contributed by atoms with Crippen molar-refractivity contribution in [1.82, 2.24) is 4.90 Å². The lowest BCUT2D eigenvalue weighted by Crippen LogP contribution is -2.07. The Morgan fingerprint density at radius 2 is 1.75 bits per heavy atom. The van der Waals surface area contributed by atoms with Crippen LogP contribution < -0.4 is 0 Å². The second-order valence-corrected chi connectivity index (χ2v) is 6.86. The highest BCUT2D eigenvalue weighted by Gasteiger charge is 2.30. The third-order valence-corrected chi connectivity index (χ3v) is 4.46. The normalized spacial score (nSPS) is 12.0. The summed E-state index contributed by atoms with van der Waals surface area (Å²) in [6.45, 7) is 3.88. The van der Waals surface area contributed by atoms with E-state index in [-0.39, 0.29) is 0 Å². The largest absolute Gasteiger partial charge is 0.416 e. The quantitative estimate of drug-likeness (QED) is 0.518. The van der Waals surface area contributed by atoms with E-state index in [4.69, 9.17) is 0 Å². The summed E-state index contributed by atoms with van der Waals surface area (Å²) < 4.78 is 38.5. The molecular weight excluding hydrogens is 333 g/mol. The van der Waals surface area contributed by atoms with Gasteiger partial charge in [0.1, 0.15) is 0 Å². The van der Waals surface area contributed by atoms with Crippen LogP contribution in [0.2, 0.25) is 0 Å². The fourth-order valence-electron chi connectivity index (χ4n) is 2.06. The Balaban J connectivity index is 2.29. The molecule has 0 bridgehead atoms. The summed E-state index contributed by atoms with van der Waals surface area (Å²) in [5.41, 5.74) is 2.19. The van der Waals surface area contributed by atoms with Gasteiger partial charge in [0.15, 0.2) is 0 Å². The minimum Gasteiger partial charge on any atom is -0.369 e. The molecule has 128 valence electrons. The van der Waals surface area contributed by atoms with Gasteiger partial charge in [-0.05, 0) is 55.3 Å². The van der Waals surface area contributed by atoms with Crippen LogP contribution in [0.25, 0.3) is 0 Å². The smallest absolute Gasteiger partial charge is 0.369 e. The lowest BCUT2D eigenvalue weighted by atomic mass is 10.1. The first-order valence-corrected chi connectivity index (χ1v) is 8.15. The van der Waals surface area contributed by atoms with Gasteiger partial charge in [-0.25, -0.2) is 4.99 Å².